The fourth-order valence-corrected chi connectivity index (χ4v) is 1.89. The summed E-state index contributed by atoms with van der Waals surface area (Å²) in [7, 11) is -8.45. The summed E-state index contributed by atoms with van der Waals surface area (Å²) >= 11 is 0. The van der Waals surface area contributed by atoms with E-state index in [1.807, 2.05) is 0 Å². The van der Waals surface area contributed by atoms with Crippen LogP contribution in [0.5, 0.6) is 0 Å². The first kappa shape index (κ1) is 19.7. The van der Waals surface area contributed by atoms with Crippen molar-refractivity contribution in [2.24, 2.45) is 0 Å². The Morgan fingerprint density at radius 3 is 2.30 bits per heavy atom. The van der Waals surface area contributed by atoms with Crippen LogP contribution in [0.15, 0.2) is 0 Å². The maximum absolute atomic E-state index is 10.4. The van der Waals surface area contributed by atoms with E-state index >= 15 is 0 Å². The second-order valence-corrected chi connectivity index (χ2v) is 6.49. The van der Waals surface area contributed by atoms with Crippen LogP contribution < -0.4 is 5.32 Å². The van der Waals surface area contributed by atoms with E-state index in [0.29, 0.717) is 0 Å². The van der Waals surface area contributed by atoms with Gasteiger partial charge in [0, 0.05) is 19.7 Å². The standard InChI is InChI=1S/C8H19NO9S2/c10-8(6-9-2-4-18-20(14,15)16)7-17-3-1-5-19(11,12)13/h8-10H,1-7H2,(H,11,12,13)(H,14,15,16). The van der Waals surface area contributed by atoms with Crippen molar-refractivity contribution in [1.82, 2.24) is 5.32 Å². The molecule has 1 atom stereocenters. The van der Waals surface area contributed by atoms with Gasteiger partial charge in [-0.1, -0.05) is 0 Å². The highest BCUT2D eigenvalue weighted by Gasteiger charge is 2.07. The van der Waals surface area contributed by atoms with Gasteiger partial charge >= 0.3 is 10.4 Å². The van der Waals surface area contributed by atoms with Crippen LogP contribution in [0.4, 0.5) is 0 Å². The number of nitrogens with one attached hydrogen (secondary N) is 1. The molecule has 12 heteroatoms. The van der Waals surface area contributed by atoms with Gasteiger partial charge in [0.2, 0.25) is 0 Å². The number of ether oxygens (including phenoxy) is 1. The molecule has 0 aliphatic carbocycles. The van der Waals surface area contributed by atoms with Crippen molar-refractivity contribution < 1.29 is 40.0 Å². The third-order valence-electron chi connectivity index (χ3n) is 1.89. The minimum absolute atomic E-state index is 0.0440. The van der Waals surface area contributed by atoms with Gasteiger partial charge in [0.15, 0.2) is 0 Å². The summed E-state index contributed by atoms with van der Waals surface area (Å²) in [5.74, 6) is -0.408. The topological polar surface area (TPSA) is 159 Å². The summed E-state index contributed by atoms with van der Waals surface area (Å²) in [6, 6.07) is 0. The van der Waals surface area contributed by atoms with Gasteiger partial charge in [-0.15, -0.1) is 0 Å². The number of hydrogen-bond acceptors (Lipinski definition) is 8. The molecule has 0 aliphatic heterocycles. The lowest BCUT2D eigenvalue weighted by Gasteiger charge is -2.12. The highest BCUT2D eigenvalue weighted by atomic mass is 32.3. The zero-order valence-corrected chi connectivity index (χ0v) is 12.3. The monoisotopic (exact) mass is 337 g/mol. The molecule has 0 aromatic rings. The van der Waals surface area contributed by atoms with Crippen LogP contribution in [-0.4, -0.2) is 75.8 Å². The van der Waals surface area contributed by atoms with Crippen molar-refractivity contribution >= 4 is 20.5 Å². The minimum Gasteiger partial charge on any atom is -0.389 e. The van der Waals surface area contributed by atoms with E-state index in [9.17, 15) is 21.9 Å². The summed E-state index contributed by atoms with van der Waals surface area (Å²) in [6.07, 6.45) is -0.757. The lowest BCUT2D eigenvalue weighted by Crippen LogP contribution is -2.33. The summed E-state index contributed by atoms with van der Waals surface area (Å²) in [5.41, 5.74) is 0. The average molecular weight is 337 g/mol. The normalized spacial score (nSPS) is 14.3. The number of hydrogen-bond donors (Lipinski definition) is 4. The quantitative estimate of drug-likeness (QED) is 0.233. The van der Waals surface area contributed by atoms with Crippen molar-refractivity contribution in [2.75, 3.05) is 38.7 Å². The molecular formula is C8H19NO9S2. The molecule has 0 radical (unpaired) electrons. The van der Waals surface area contributed by atoms with Crippen molar-refractivity contribution in [3.8, 4) is 0 Å². The van der Waals surface area contributed by atoms with E-state index in [1.54, 1.807) is 0 Å². The van der Waals surface area contributed by atoms with E-state index < -0.39 is 32.4 Å². The molecule has 10 nitrogen and oxygen atoms in total. The molecule has 20 heavy (non-hydrogen) atoms. The third-order valence-corrected chi connectivity index (χ3v) is 3.16. The van der Waals surface area contributed by atoms with Gasteiger partial charge in [-0.3, -0.25) is 9.11 Å². The van der Waals surface area contributed by atoms with E-state index in [0.717, 1.165) is 0 Å². The number of rotatable bonds is 12. The summed E-state index contributed by atoms with van der Waals surface area (Å²) in [4.78, 5) is 0. The number of aliphatic hydroxyl groups is 1. The predicted molar refractivity (Wildman–Crippen MR) is 68.2 cm³/mol. The molecule has 0 aromatic heterocycles. The van der Waals surface area contributed by atoms with Gasteiger partial charge < -0.3 is 15.2 Å². The first-order valence-electron chi connectivity index (χ1n) is 5.63. The Morgan fingerprint density at radius 1 is 1.10 bits per heavy atom. The van der Waals surface area contributed by atoms with Gasteiger partial charge in [-0.05, 0) is 6.42 Å². The zero-order chi connectivity index (χ0) is 15.6. The molecule has 0 rings (SSSR count). The van der Waals surface area contributed by atoms with Crippen molar-refractivity contribution in [3.63, 3.8) is 0 Å². The Balaban J connectivity index is 3.44. The van der Waals surface area contributed by atoms with Crippen LogP contribution in [0, 0.1) is 0 Å². The van der Waals surface area contributed by atoms with Gasteiger partial charge in [-0.2, -0.15) is 16.8 Å². The van der Waals surface area contributed by atoms with Crippen LogP contribution in [0.1, 0.15) is 6.42 Å². The molecule has 0 aliphatic rings. The highest BCUT2D eigenvalue weighted by molar-refractivity contribution is 7.85. The van der Waals surface area contributed by atoms with Gasteiger partial charge in [0.1, 0.15) is 0 Å². The lowest BCUT2D eigenvalue weighted by molar-refractivity contribution is 0.0372. The van der Waals surface area contributed by atoms with Crippen molar-refractivity contribution in [1.29, 1.82) is 0 Å². The fraction of sp³-hybridized carbons (Fsp3) is 1.00. The van der Waals surface area contributed by atoms with Gasteiger partial charge in [-0.25, -0.2) is 4.18 Å². The lowest BCUT2D eigenvalue weighted by atomic mass is 10.4. The predicted octanol–water partition coefficient (Wildman–Crippen LogP) is -1.95. The molecule has 122 valence electrons. The Labute approximate surface area is 117 Å². The fourth-order valence-electron chi connectivity index (χ4n) is 1.11. The molecular weight excluding hydrogens is 318 g/mol. The summed E-state index contributed by atoms with van der Waals surface area (Å²) < 4.78 is 66.8. The average Bonchev–Trinajstić information content (AvgIpc) is 2.25. The van der Waals surface area contributed by atoms with Crippen molar-refractivity contribution in [2.45, 2.75) is 12.5 Å². The van der Waals surface area contributed by atoms with Crippen LogP contribution in [0.3, 0.4) is 0 Å². The molecule has 0 heterocycles. The minimum atomic E-state index is -4.45. The summed E-state index contributed by atoms with van der Waals surface area (Å²) in [6.45, 7) is -0.0478. The van der Waals surface area contributed by atoms with Gasteiger partial charge in [0.05, 0.1) is 25.1 Å². The van der Waals surface area contributed by atoms with Crippen LogP contribution in [0.25, 0.3) is 0 Å². The molecule has 0 saturated carbocycles. The molecule has 0 bridgehead atoms. The molecule has 0 fully saturated rings. The van der Waals surface area contributed by atoms with E-state index in [4.69, 9.17) is 13.8 Å². The third kappa shape index (κ3) is 15.7. The molecule has 0 spiro atoms. The van der Waals surface area contributed by atoms with Crippen LogP contribution >= 0.6 is 0 Å². The van der Waals surface area contributed by atoms with Crippen LogP contribution in [-0.2, 0) is 29.4 Å². The van der Waals surface area contributed by atoms with E-state index in [1.165, 1.54) is 0 Å². The van der Waals surface area contributed by atoms with Crippen molar-refractivity contribution in [3.05, 3.63) is 0 Å². The Hall–Kier alpha value is -0.340. The number of aliphatic hydroxyl groups excluding tert-OH is 1. The maximum Gasteiger partial charge on any atom is 0.397 e. The molecule has 4 N–H and O–H groups in total. The Kier molecular flexibility index (Phi) is 9.41. The molecule has 0 aromatic carbocycles. The molecule has 0 saturated heterocycles. The van der Waals surface area contributed by atoms with Gasteiger partial charge in [0.25, 0.3) is 10.1 Å². The Morgan fingerprint density at radius 2 is 1.75 bits per heavy atom. The second-order valence-electron chi connectivity index (χ2n) is 3.82. The highest BCUT2D eigenvalue weighted by Crippen LogP contribution is 1.91. The molecule has 0 amide bonds. The Bertz CT molecular complexity index is 405. The smallest absolute Gasteiger partial charge is 0.389 e. The zero-order valence-electron chi connectivity index (χ0n) is 10.6. The summed E-state index contributed by atoms with van der Waals surface area (Å²) in [5, 5.41) is 12.1. The second kappa shape index (κ2) is 9.57. The first-order valence-corrected chi connectivity index (χ1v) is 8.61. The molecule has 1 unspecified atom stereocenters. The van der Waals surface area contributed by atoms with E-state index in [-0.39, 0.29) is 39.3 Å². The SMILES string of the molecule is O=S(=O)(O)CCCOCC(O)CNCCOS(=O)(=O)O. The first-order chi connectivity index (χ1) is 9.10. The maximum atomic E-state index is 10.4. The largest absolute Gasteiger partial charge is 0.397 e. The van der Waals surface area contributed by atoms with E-state index in [2.05, 4.69) is 9.50 Å². The van der Waals surface area contributed by atoms with Crippen LogP contribution in [0.2, 0.25) is 0 Å².